The summed E-state index contributed by atoms with van der Waals surface area (Å²) in [6, 6.07) is 3.16. The first-order valence-corrected chi connectivity index (χ1v) is 5.48. The second kappa shape index (κ2) is 3.70. The first-order valence-electron chi connectivity index (χ1n) is 4.69. The van der Waals surface area contributed by atoms with Crippen molar-refractivity contribution in [2.24, 2.45) is 0 Å². The van der Waals surface area contributed by atoms with Crippen molar-refractivity contribution in [2.45, 2.75) is 18.3 Å². The molecule has 84 valence electrons. The molecule has 0 saturated heterocycles. The van der Waals surface area contributed by atoms with Crippen LogP contribution in [0.1, 0.15) is 18.4 Å². The van der Waals surface area contributed by atoms with Crippen LogP contribution in [0.15, 0.2) is 10.5 Å². The van der Waals surface area contributed by atoms with Crippen LogP contribution in [-0.4, -0.2) is 7.11 Å². The van der Waals surface area contributed by atoms with Gasteiger partial charge in [-0.3, -0.25) is 0 Å². The van der Waals surface area contributed by atoms with Crippen LogP contribution in [0.2, 0.25) is 0 Å². The van der Waals surface area contributed by atoms with Crippen LogP contribution >= 0.6 is 15.9 Å². The molecule has 0 bridgehead atoms. The Morgan fingerprint density at radius 1 is 1.50 bits per heavy atom. The van der Waals surface area contributed by atoms with Crippen LogP contribution in [0.5, 0.6) is 5.75 Å². The zero-order valence-corrected chi connectivity index (χ0v) is 10.1. The maximum absolute atomic E-state index is 13.9. The molecule has 1 aromatic rings. The molecule has 0 aromatic heterocycles. The van der Waals surface area contributed by atoms with Crippen LogP contribution in [0, 0.1) is 23.0 Å². The molecular formula is C11H8BrF2NO. The summed E-state index contributed by atoms with van der Waals surface area (Å²) in [5.74, 6) is -1.38. The number of nitrogens with zero attached hydrogens (tertiary/aromatic N) is 1. The number of benzene rings is 1. The average molecular weight is 288 g/mol. The lowest BCUT2D eigenvalue weighted by Crippen LogP contribution is -2.10. The van der Waals surface area contributed by atoms with E-state index in [2.05, 4.69) is 22.0 Å². The SMILES string of the molecule is COc1cc(F)c(Br)c(F)c1C1(C#N)CC1. The highest BCUT2D eigenvalue weighted by Crippen LogP contribution is 2.52. The van der Waals surface area contributed by atoms with Gasteiger partial charge in [-0.2, -0.15) is 5.26 Å². The largest absolute Gasteiger partial charge is 0.496 e. The minimum absolute atomic E-state index is 0.0947. The van der Waals surface area contributed by atoms with Gasteiger partial charge in [0.2, 0.25) is 0 Å². The number of nitriles is 1. The van der Waals surface area contributed by atoms with Crippen LogP contribution in [0.4, 0.5) is 8.78 Å². The van der Waals surface area contributed by atoms with Crippen LogP contribution < -0.4 is 4.74 Å². The number of hydrogen-bond acceptors (Lipinski definition) is 2. The molecule has 0 N–H and O–H groups in total. The summed E-state index contributed by atoms with van der Waals surface area (Å²) in [5.41, 5.74) is -0.683. The normalized spacial score (nSPS) is 16.7. The quantitative estimate of drug-likeness (QED) is 0.782. The van der Waals surface area contributed by atoms with Crippen LogP contribution in [-0.2, 0) is 5.41 Å². The first kappa shape index (κ1) is 11.3. The number of hydrogen-bond donors (Lipinski definition) is 0. The lowest BCUT2D eigenvalue weighted by molar-refractivity contribution is 0.395. The van der Waals surface area contributed by atoms with Crippen molar-refractivity contribution in [1.29, 1.82) is 5.26 Å². The lowest BCUT2D eigenvalue weighted by atomic mass is 9.96. The van der Waals surface area contributed by atoms with Crippen molar-refractivity contribution >= 4 is 15.9 Å². The first-order chi connectivity index (χ1) is 7.55. The van der Waals surface area contributed by atoms with Crippen molar-refractivity contribution in [3.8, 4) is 11.8 Å². The van der Waals surface area contributed by atoms with Gasteiger partial charge in [-0.05, 0) is 28.8 Å². The zero-order valence-electron chi connectivity index (χ0n) is 8.48. The Morgan fingerprint density at radius 2 is 2.12 bits per heavy atom. The summed E-state index contributed by atoms with van der Waals surface area (Å²) < 4.78 is 31.9. The van der Waals surface area contributed by atoms with Gasteiger partial charge in [0.1, 0.15) is 17.4 Å². The Morgan fingerprint density at radius 3 is 2.56 bits per heavy atom. The van der Waals surface area contributed by atoms with Crippen LogP contribution in [0.25, 0.3) is 0 Å². The number of halogens is 3. The maximum atomic E-state index is 13.9. The van der Waals surface area contributed by atoms with E-state index in [1.54, 1.807) is 0 Å². The van der Waals surface area contributed by atoms with E-state index < -0.39 is 17.0 Å². The van der Waals surface area contributed by atoms with Gasteiger partial charge in [-0.25, -0.2) is 8.78 Å². The summed E-state index contributed by atoms with van der Waals surface area (Å²) in [6.45, 7) is 0. The van der Waals surface area contributed by atoms with E-state index in [1.807, 2.05) is 0 Å². The van der Waals surface area contributed by atoms with E-state index in [1.165, 1.54) is 7.11 Å². The van der Waals surface area contributed by atoms with E-state index in [-0.39, 0.29) is 15.8 Å². The predicted octanol–water partition coefficient (Wildman–Crippen LogP) is 3.29. The van der Waals surface area contributed by atoms with Crippen molar-refractivity contribution in [1.82, 2.24) is 0 Å². The molecule has 1 fully saturated rings. The molecule has 0 aliphatic heterocycles. The van der Waals surface area contributed by atoms with Crippen molar-refractivity contribution in [2.75, 3.05) is 7.11 Å². The fourth-order valence-corrected chi connectivity index (χ4v) is 2.04. The van der Waals surface area contributed by atoms with Crippen molar-refractivity contribution < 1.29 is 13.5 Å². The lowest BCUT2D eigenvalue weighted by Gasteiger charge is -2.14. The van der Waals surface area contributed by atoms with Gasteiger partial charge < -0.3 is 4.74 Å². The third-order valence-electron chi connectivity index (χ3n) is 2.79. The molecule has 0 radical (unpaired) electrons. The summed E-state index contributed by atoms with van der Waals surface area (Å²) >= 11 is 2.83. The molecule has 1 aliphatic carbocycles. The van der Waals surface area contributed by atoms with Gasteiger partial charge in [-0.15, -0.1) is 0 Å². The van der Waals surface area contributed by atoms with Gasteiger partial charge in [0, 0.05) is 6.07 Å². The van der Waals surface area contributed by atoms with Crippen LogP contribution in [0.3, 0.4) is 0 Å². The minimum atomic E-state index is -0.842. The van der Waals surface area contributed by atoms with E-state index in [0.717, 1.165) is 6.07 Å². The fourth-order valence-electron chi connectivity index (χ4n) is 1.72. The van der Waals surface area contributed by atoms with Gasteiger partial charge in [-0.1, -0.05) is 0 Å². The average Bonchev–Trinajstić information content (AvgIpc) is 3.06. The highest BCUT2D eigenvalue weighted by molar-refractivity contribution is 9.10. The van der Waals surface area contributed by atoms with E-state index in [4.69, 9.17) is 10.00 Å². The Hall–Kier alpha value is -1.15. The van der Waals surface area contributed by atoms with Gasteiger partial charge in [0.25, 0.3) is 0 Å². The maximum Gasteiger partial charge on any atom is 0.148 e. The van der Waals surface area contributed by atoms with Crippen molar-refractivity contribution in [3.05, 3.63) is 27.7 Å². The molecule has 0 amide bonds. The summed E-state index contributed by atoms with van der Waals surface area (Å²) in [4.78, 5) is 0. The van der Waals surface area contributed by atoms with E-state index >= 15 is 0 Å². The molecule has 0 spiro atoms. The van der Waals surface area contributed by atoms with Crippen molar-refractivity contribution in [3.63, 3.8) is 0 Å². The third-order valence-corrected chi connectivity index (χ3v) is 3.52. The second-order valence-corrected chi connectivity index (χ2v) is 4.55. The Balaban J connectivity index is 2.69. The smallest absolute Gasteiger partial charge is 0.148 e. The van der Waals surface area contributed by atoms with Gasteiger partial charge >= 0.3 is 0 Å². The Bertz CT molecular complexity index is 492. The topological polar surface area (TPSA) is 33.0 Å². The number of methoxy groups -OCH3 is 1. The number of ether oxygens (including phenoxy) is 1. The highest BCUT2D eigenvalue weighted by Gasteiger charge is 2.49. The molecule has 16 heavy (non-hydrogen) atoms. The molecule has 0 atom stereocenters. The van der Waals surface area contributed by atoms with E-state index in [0.29, 0.717) is 12.8 Å². The summed E-state index contributed by atoms with van der Waals surface area (Å²) in [5, 5.41) is 9.03. The highest BCUT2D eigenvalue weighted by atomic mass is 79.9. The molecule has 2 nitrogen and oxygen atoms in total. The molecule has 2 rings (SSSR count). The molecule has 0 unspecified atom stereocenters. The van der Waals surface area contributed by atoms with E-state index in [9.17, 15) is 8.78 Å². The standard InChI is InChI=1S/C11H8BrF2NO/c1-16-7-4-6(13)9(12)10(14)8(7)11(5-15)2-3-11/h4H,2-3H2,1H3. The monoisotopic (exact) mass is 287 g/mol. The van der Waals surface area contributed by atoms with Gasteiger partial charge in [0.15, 0.2) is 0 Å². The molecular weight excluding hydrogens is 280 g/mol. The minimum Gasteiger partial charge on any atom is -0.496 e. The zero-order chi connectivity index (χ0) is 11.9. The molecule has 0 heterocycles. The Labute approximate surface area is 100.0 Å². The predicted molar refractivity (Wildman–Crippen MR) is 57.1 cm³/mol. The molecule has 1 aromatic carbocycles. The molecule has 1 aliphatic rings. The Kier molecular flexibility index (Phi) is 2.62. The molecule has 1 saturated carbocycles. The second-order valence-electron chi connectivity index (χ2n) is 3.76. The summed E-state index contributed by atoms with van der Waals surface area (Å²) in [6.07, 6.45) is 1.16. The fraction of sp³-hybridized carbons (Fsp3) is 0.364. The summed E-state index contributed by atoms with van der Waals surface area (Å²) in [7, 11) is 1.33. The van der Waals surface area contributed by atoms with Gasteiger partial charge in [0.05, 0.1) is 28.6 Å². The third kappa shape index (κ3) is 1.49. The number of rotatable bonds is 2. The molecule has 5 heteroatoms.